The van der Waals surface area contributed by atoms with Crippen molar-refractivity contribution in [2.75, 3.05) is 17.2 Å². The van der Waals surface area contributed by atoms with Crippen molar-refractivity contribution in [1.82, 2.24) is 0 Å². The van der Waals surface area contributed by atoms with Gasteiger partial charge in [0.1, 0.15) is 0 Å². The van der Waals surface area contributed by atoms with Crippen molar-refractivity contribution in [1.29, 1.82) is 0 Å². The van der Waals surface area contributed by atoms with Crippen LogP contribution in [0.4, 0.5) is 11.4 Å². The second-order valence-corrected chi connectivity index (χ2v) is 6.01. The number of benzene rings is 1. The highest BCUT2D eigenvalue weighted by atomic mass is 15.1. The smallest absolute Gasteiger partial charge is 0.0583 e. The third-order valence-electron chi connectivity index (χ3n) is 4.28. The molecule has 0 amide bonds. The minimum absolute atomic E-state index is 0.304. The average Bonchev–Trinajstić information content (AvgIpc) is 2.28. The van der Waals surface area contributed by atoms with E-state index in [9.17, 15) is 0 Å². The predicted octanol–water partition coefficient (Wildman–Crippen LogP) is 3.78. The van der Waals surface area contributed by atoms with Gasteiger partial charge in [-0.2, -0.15) is 0 Å². The molecular weight excluding hydrogens is 208 g/mol. The van der Waals surface area contributed by atoms with Crippen LogP contribution in [0.2, 0.25) is 0 Å². The molecule has 0 bridgehead atoms. The van der Waals surface area contributed by atoms with Crippen LogP contribution in [0.1, 0.15) is 38.2 Å². The lowest BCUT2D eigenvalue weighted by Gasteiger charge is -2.45. The lowest BCUT2D eigenvalue weighted by molar-refractivity contribution is 0.266. The summed E-state index contributed by atoms with van der Waals surface area (Å²) in [5.41, 5.74) is 4.20. The Labute approximate surface area is 104 Å². The van der Waals surface area contributed by atoms with Crippen molar-refractivity contribution in [2.24, 2.45) is 5.92 Å². The Morgan fingerprint density at radius 2 is 2.18 bits per heavy atom. The van der Waals surface area contributed by atoms with E-state index >= 15 is 0 Å². The van der Waals surface area contributed by atoms with Crippen LogP contribution in [-0.2, 0) is 0 Å². The third-order valence-corrected chi connectivity index (χ3v) is 4.28. The molecule has 2 aliphatic rings. The van der Waals surface area contributed by atoms with E-state index in [0.29, 0.717) is 5.54 Å². The maximum absolute atomic E-state index is 3.82. The van der Waals surface area contributed by atoms with Gasteiger partial charge in [0.05, 0.1) is 16.9 Å². The first-order valence-corrected chi connectivity index (χ1v) is 6.80. The first-order valence-electron chi connectivity index (χ1n) is 6.80. The van der Waals surface area contributed by atoms with E-state index in [-0.39, 0.29) is 0 Å². The van der Waals surface area contributed by atoms with E-state index in [1.807, 2.05) is 0 Å². The van der Waals surface area contributed by atoms with Gasteiger partial charge < -0.3 is 10.6 Å². The minimum atomic E-state index is 0.304. The monoisotopic (exact) mass is 230 g/mol. The van der Waals surface area contributed by atoms with Gasteiger partial charge in [0.15, 0.2) is 0 Å². The average molecular weight is 230 g/mol. The van der Waals surface area contributed by atoms with Gasteiger partial charge in [0.2, 0.25) is 0 Å². The van der Waals surface area contributed by atoms with Gasteiger partial charge in [0.25, 0.3) is 0 Å². The van der Waals surface area contributed by atoms with Crippen molar-refractivity contribution < 1.29 is 0 Å². The van der Waals surface area contributed by atoms with Crippen LogP contribution in [0.25, 0.3) is 0 Å². The summed E-state index contributed by atoms with van der Waals surface area (Å²) >= 11 is 0. The van der Waals surface area contributed by atoms with Crippen LogP contribution in [0.15, 0.2) is 18.2 Å². The molecule has 1 fully saturated rings. The molecule has 2 nitrogen and oxygen atoms in total. The Balaban J connectivity index is 1.88. The molecule has 17 heavy (non-hydrogen) atoms. The van der Waals surface area contributed by atoms with E-state index in [4.69, 9.17) is 0 Å². The normalized spacial score (nSPS) is 31.5. The maximum Gasteiger partial charge on any atom is 0.0583 e. The zero-order valence-corrected chi connectivity index (χ0v) is 10.8. The van der Waals surface area contributed by atoms with Gasteiger partial charge in [-0.25, -0.2) is 0 Å². The number of hydrogen-bond donors (Lipinski definition) is 2. The summed E-state index contributed by atoms with van der Waals surface area (Å²) in [6.07, 6.45) is 5.35. The zero-order valence-electron chi connectivity index (χ0n) is 10.8. The SMILES string of the molecule is Cc1ccc2c(c1)NC1(CCCC(C)C1)CN2. The minimum Gasteiger partial charge on any atom is -0.381 e. The number of hydrogen-bond acceptors (Lipinski definition) is 2. The molecule has 2 heteroatoms. The molecule has 1 heterocycles. The lowest BCUT2D eigenvalue weighted by atomic mass is 9.75. The molecule has 1 aliphatic heterocycles. The van der Waals surface area contributed by atoms with Crippen molar-refractivity contribution in [3.8, 4) is 0 Å². The van der Waals surface area contributed by atoms with E-state index in [1.54, 1.807) is 0 Å². The van der Waals surface area contributed by atoms with Crippen molar-refractivity contribution in [3.05, 3.63) is 23.8 Å². The largest absolute Gasteiger partial charge is 0.381 e. The summed E-state index contributed by atoms with van der Waals surface area (Å²) in [5, 5.41) is 7.43. The first-order chi connectivity index (χ1) is 8.17. The fraction of sp³-hybridized carbons (Fsp3) is 0.600. The van der Waals surface area contributed by atoms with E-state index in [0.717, 1.165) is 12.5 Å². The number of nitrogens with one attached hydrogen (secondary N) is 2. The summed E-state index contributed by atoms with van der Waals surface area (Å²) in [7, 11) is 0. The zero-order chi connectivity index (χ0) is 11.9. The molecule has 1 aromatic rings. The second-order valence-electron chi connectivity index (χ2n) is 6.01. The molecule has 3 rings (SSSR count). The molecule has 2 atom stereocenters. The van der Waals surface area contributed by atoms with Gasteiger partial charge in [-0.15, -0.1) is 0 Å². The molecule has 1 aliphatic carbocycles. The van der Waals surface area contributed by atoms with Crippen LogP contribution < -0.4 is 10.6 Å². The number of fused-ring (bicyclic) bond motifs is 1. The molecule has 1 spiro atoms. The highest BCUT2D eigenvalue weighted by molar-refractivity contribution is 5.73. The fourth-order valence-electron chi connectivity index (χ4n) is 3.44. The van der Waals surface area contributed by atoms with Crippen molar-refractivity contribution in [2.45, 2.75) is 45.1 Å². The lowest BCUT2D eigenvalue weighted by Crippen LogP contribution is -2.50. The fourth-order valence-corrected chi connectivity index (χ4v) is 3.44. The van der Waals surface area contributed by atoms with Gasteiger partial charge >= 0.3 is 0 Å². The van der Waals surface area contributed by atoms with Crippen LogP contribution in [0.5, 0.6) is 0 Å². The van der Waals surface area contributed by atoms with Gasteiger partial charge in [0, 0.05) is 6.54 Å². The van der Waals surface area contributed by atoms with Crippen molar-refractivity contribution >= 4 is 11.4 Å². The maximum atomic E-state index is 3.82. The Hall–Kier alpha value is -1.18. The quantitative estimate of drug-likeness (QED) is 0.708. The Kier molecular flexibility index (Phi) is 2.53. The molecule has 1 aromatic carbocycles. The van der Waals surface area contributed by atoms with Gasteiger partial charge in [-0.05, 0) is 43.4 Å². The molecule has 2 N–H and O–H groups in total. The highest BCUT2D eigenvalue weighted by Gasteiger charge is 2.37. The van der Waals surface area contributed by atoms with Crippen LogP contribution in [-0.4, -0.2) is 12.1 Å². The Bertz CT molecular complexity index is 427. The second kappa shape index (κ2) is 3.94. The molecule has 92 valence electrons. The van der Waals surface area contributed by atoms with Gasteiger partial charge in [-0.3, -0.25) is 0 Å². The molecule has 0 aromatic heterocycles. The van der Waals surface area contributed by atoms with E-state index < -0.39 is 0 Å². The number of aryl methyl sites for hydroxylation is 1. The van der Waals surface area contributed by atoms with Crippen LogP contribution >= 0.6 is 0 Å². The van der Waals surface area contributed by atoms with Crippen molar-refractivity contribution in [3.63, 3.8) is 0 Å². The van der Waals surface area contributed by atoms with E-state index in [1.165, 1.54) is 42.6 Å². The predicted molar refractivity (Wildman–Crippen MR) is 73.7 cm³/mol. The molecular formula is C15H22N2. The highest BCUT2D eigenvalue weighted by Crippen LogP contribution is 2.40. The molecule has 0 saturated heterocycles. The van der Waals surface area contributed by atoms with Crippen LogP contribution in [0.3, 0.4) is 0 Å². The summed E-state index contributed by atoms with van der Waals surface area (Å²) in [6, 6.07) is 6.63. The number of anilines is 2. The Morgan fingerprint density at radius 1 is 1.29 bits per heavy atom. The summed E-state index contributed by atoms with van der Waals surface area (Å²) < 4.78 is 0. The number of rotatable bonds is 0. The van der Waals surface area contributed by atoms with Gasteiger partial charge in [-0.1, -0.05) is 25.8 Å². The molecule has 2 unspecified atom stereocenters. The Morgan fingerprint density at radius 3 is 3.00 bits per heavy atom. The summed E-state index contributed by atoms with van der Waals surface area (Å²) in [4.78, 5) is 0. The van der Waals surface area contributed by atoms with Crippen LogP contribution in [0, 0.1) is 12.8 Å². The molecule has 0 radical (unpaired) electrons. The summed E-state index contributed by atoms with van der Waals surface area (Å²) in [6.45, 7) is 5.62. The third kappa shape index (κ3) is 2.01. The van der Waals surface area contributed by atoms with E-state index in [2.05, 4.69) is 42.7 Å². The topological polar surface area (TPSA) is 24.1 Å². The standard InChI is InChI=1S/C15H22N2/c1-11-5-6-13-14(8-11)17-15(10-16-13)7-3-4-12(2)9-15/h5-6,8,12,16-17H,3-4,7,9-10H2,1-2H3. The summed E-state index contributed by atoms with van der Waals surface area (Å²) in [5.74, 6) is 0.851. The first kappa shape index (κ1) is 10.9. The molecule has 1 saturated carbocycles.